The molecule has 1 heterocycles. The van der Waals surface area contributed by atoms with Crippen molar-refractivity contribution in [3.63, 3.8) is 0 Å². The highest BCUT2D eigenvalue weighted by Gasteiger charge is 2.29. The Labute approximate surface area is 122 Å². The second kappa shape index (κ2) is 5.13. The van der Waals surface area contributed by atoms with Crippen molar-refractivity contribution in [3.05, 3.63) is 23.8 Å². The van der Waals surface area contributed by atoms with Crippen LogP contribution in [-0.2, 0) is 4.79 Å². The van der Waals surface area contributed by atoms with Gasteiger partial charge in [-0.3, -0.25) is 9.59 Å². The van der Waals surface area contributed by atoms with Gasteiger partial charge < -0.3 is 10.6 Å². The predicted molar refractivity (Wildman–Crippen MR) is 80.0 cm³/mol. The Morgan fingerprint density at radius 3 is 2.90 bits per heavy atom. The maximum atomic E-state index is 12.2. The van der Waals surface area contributed by atoms with Crippen molar-refractivity contribution in [3.8, 4) is 0 Å². The van der Waals surface area contributed by atoms with Gasteiger partial charge in [-0.05, 0) is 50.8 Å². The molecule has 1 aromatic carbocycles. The summed E-state index contributed by atoms with van der Waals surface area (Å²) in [5.41, 5.74) is 1.34. The quantitative estimate of drug-likeness (QED) is 0.899. The van der Waals surface area contributed by atoms with Gasteiger partial charge in [-0.1, -0.05) is 0 Å². The minimum absolute atomic E-state index is 0.00796. The summed E-state index contributed by atoms with van der Waals surface area (Å²) in [5, 5.41) is 5.79. The number of amides is 2. The van der Waals surface area contributed by atoms with E-state index in [0.29, 0.717) is 11.5 Å². The predicted octanol–water partition coefficient (Wildman–Crippen LogP) is 2.65. The van der Waals surface area contributed by atoms with Crippen LogP contribution >= 0.6 is 11.8 Å². The van der Waals surface area contributed by atoms with Crippen LogP contribution in [0.4, 0.5) is 5.69 Å². The van der Waals surface area contributed by atoms with Crippen LogP contribution < -0.4 is 10.6 Å². The average molecular weight is 290 g/mol. The minimum Gasteiger partial charge on any atom is -0.349 e. The van der Waals surface area contributed by atoms with Gasteiger partial charge in [0.2, 0.25) is 5.91 Å². The molecule has 2 N–H and O–H groups in total. The number of carbonyl (C=O) groups excluding carboxylic acids is 2. The van der Waals surface area contributed by atoms with E-state index in [0.717, 1.165) is 10.6 Å². The third-order valence-corrected chi connectivity index (χ3v) is 5.04. The molecule has 2 amide bonds. The fraction of sp³-hybridized carbons (Fsp3) is 0.467. The van der Waals surface area contributed by atoms with Crippen LogP contribution in [0.2, 0.25) is 0 Å². The van der Waals surface area contributed by atoms with Crippen LogP contribution in [0.5, 0.6) is 0 Å². The summed E-state index contributed by atoms with van der Waals surface area (Å²) in [4.78, 5) is 24.9. The van der Waals surface area contributed by atoms with Gasteiger partial charge in [0.1, 0.15) is 0 Å². The highest BCUT2D eigenvalue weighted by molar-refractivity contribution is 8.00. The zero-order chi connectivity index (χ0) is 14.3. The average Bonchev–Trinajstić information content (AvgIpc) is 3.23. The van der Waals surface area contributed by atoms with Crippen molar-refractivity contribution in [2.75, 3.05) is 5.32 Å². The Morgan fingerprint density at radius 2 is 2.20 bits per heavy atom. The molecule has 1 aliphatic carbocycles. The lowest BCUT2D eigenvalue weighted by Gasteiger charge is -2.22. The van der Waals surface area contributed by atoms with E-state index < -0.39 is 0 Å². The molecular weight excluding hydrogens is 272 g/mol. The summed E-state index contributed by atoms with van der Waals surface area (Å²) >= 11 is 1.53. The molecule has 1 aliphatic heterocycles. The summed E-state index contributed by atoms with van der Waals surface area (Å²) < 4.78 is 0. The lowest BCUT2D eigenvalue weighted by Crippen LogP contribution is -2.34. The van der Waals surface area contributed by atoms with Gasteiger partial charge in [0.05, 0.1) is 10.9 Å². The smallest absolute Gasteiger partial charge is 0.251 e. The lowest BCUT2D eigenvalue weighted by molar-refractivity contribution is -0.115. The Bertz CT molecular complexity index is 569. The summed E-state index contributed by atoms with van der Waals surface area (Å²) in [5.74, 6) is 0.559. The second-order valence-corrected chi connectivity index (χ2v) is 6.94. The molecule has 106 valence electrons. The second-order valence-electron chi connectivity index (χ2n) is 5.56. The first-order valence-corrected chi connectivity index (χ1v) is 7.85. The standard InChI is InChI=1S/C15H18N2O2S/c1-8(10-3-4-10)16-15(19)11-5-6-13-12(7-11)17-14(18)9(2)20-13/h5-10H,3-4H2,1-2H3,(H,16,19)(H,17,18)/t8-,9+/m0/s1. The number of anilines is 1. The molecule has 20 heavy (non-hydrogen) atoms. The van der Waals surface area contributed by atoms with Crippen molar-refractivity contribution < 1.29 is 9.59 Å². The van der Waals surface area contributed by atoms with E-state index in [1.807, 2.05) is 26.0 Å². The molecule has 0 radical (unpaired) electrons. The Morgan fingerprint density at radius 1 is 1.45 bits per heavy atom. The van der Waals surface area contributed by atoms with E-state index in [1.54, 1.807) is 6.07 Å². The van der Waals surface area contributed by atoms with Crippen molar-refractivity contribution >= 4 is 29.3 Å². The van der Waals surface area contributed by atoms with Crippen LogP contribution in [0, 0.1) is 5.92 Å². The molecule has 2 aliphatic rings. The fourth-order valence-electron chi connectivity index (χ4n) is 2.35. The molecule has 3 rings (SSSR count). The maximum absolute atomic E-state index is 12.2. The molecule has 0 bridgehead atoms. The first kappa shape index (κ1) is 13.5. The molecule has 4 nitrogen and oxygen atoms in total. The molecule has 0 saturated heterocycles. The largest absolute Gasteiger partial charge is 0.349 e. The van der Waals surface area contributed by atoms with Gasteiger partial charge in [-0.2, -0.15) is 0 Å². The maximum Gasteiger partial charge on any atom is 0.251 e. The number of thioether (sulfide) groups is 1. The van der Waals surface area contributed by atoms with Crippen molar-refractivity contribution in [1.82, 2.24) is 5.32 Å². The normalized spacial score (nSPS) is 22.7. The molecule has 0 aromatic heterocycles. The fourth-order valence-corrected chi connectivity index (χ4v) is 3.28. The molecule has 1 fully saturated rings. The van der Waals surface area contributed by atoms with Crippen LogP contribution in [-0.4, -0.2) is 23.1 Å². The number of fused-ring (bicyclic) bond motifs is 1. The van der Waals surface area contributed by atoms with Gasteiger partial charge in [0, 0.05) is 16.5 Å². The third kappa shape index (κ3) is 2.68. The number of hydrogen-bond acceptors (Lipinski definition) is 3. The molecule has 1 aromatic rings. The van der Waals surface area contributed by atoms with E-state index in [4.69, 9.17) is 0 Å². The van der Waals surface area contributed by atoms with E-state index in [1.165, 1.54) is 24.6 Å². The zero-order valence-corrected chi connectivity index (χ0v) is 12.4. The van der Waals surface area contributed by atoms with E-state index in [9.17, 15) is 9.59 Å². The Balaban J connectivity index is 1.76. The van der Waals surface area contributed by atoms with E-state index in [2.05, 4.69) is 10.6 Å². The van der Waals surface area contributed by atoms with Gasteiger partial charge in [0.25, 0.3) is 5.91 Å². The first-order valence-electron chi connectivity index (χ1n) is 6.97. The molecular formula is C15H18N2O2S. The summed E-state index contributed by atoms with van der Waals surface area (Å²) in [6.07, 6.45) is 2.41. The molecule has 0 spiro atoms. The van der Waals surface area contributed by atoms with Crippen molar-refractivity contribution in [2.24, 2.45) is 5.92 Å². The SMILES string of the molecule is C[C@H](NC(=O)c1ccc2c(c1)NC(=O)[C@@H](C)S2)C1CC1. The van der Waals surface area contributed by atoms with Crippen LogP contribution in [0.25, 0.3) is 0 Å². The lowest BCUT2D eigenvalue weighted by atomic mass is 10.1. The Kier molecular flexibility index (Phi) is 3.46. The van der Waals surface area contributed by atoms with Gasteiger partial charge in [-0.15, -0.1) is 11.8 Å². The molecule has 0 unspecified atom stereocenters. The topological polar surface area (TPSA) is 58.2 Å². The van der Waals surface area contributed by atoms with Crippen LogP contribution in [0.15, 0.2) is 23.1 Å². The molecule has 5 heteroatoms. The minimum atomic E-state index is -0.0861. The monoisotopic (exact) mass is 290 g/mol. The number of nitrogens with one attached hydrogen (secondary N) is 2. The zero-order valence-electron chi connectivity index (χ0n) is 11.6. The summed E-state index contributed by atoms with van der Waals surface area (Å²) in [7, 11) is 0. The highest BCUT2D eigenvalue weighted by Crippen LogP contribution is 2.36. The van der Waals surface area contributed by atoms with Crippen LogP contribution in [0.3, 0.4) is 0 Å². The van der Waals surface area contributed by atoms with E-state index in [-0.39, 0.29) is 23.1 Å². The third-order valence-electron chi connectivity index (χ3n) is 3.86. The van der Waals surface area contributed by atoms with Gasteiger partial charge >= 0.3 is 0 Å². The number of carbonyl (C=O) groups is 2. The van der Waals surface area contributed by atoms with E-state index >= 15 is 0 Å². The summed E-state index contributed by atoms with van der Waals surface area (Å²) in [6.45, 7) is 3.92. The summed E-state index contributed by atoms with van der Waals surface area (Å²) in [6, 6.07) is 5.72. The van der Waals surface area contributed by atoms with Gasteiger partial charge in [0.15, 0.2) is 0 Å². The highest BCUT2D eigenvalue weighted by atomic mass is 32.2. The Hall–Kier alpha value is -1.49. The van der Waals surface area contributed by atoms with Crippen LogP contribution in [0.1, 0.15) is 37.0 Å². The number of hydrogen-bond donors (Lipinski definition) is 2. The van der Waals surface area contributed by atoms with Crippen molar-refractivity contribution in [1.29, 1.82) is 0 Å². The number of rotatable bonds is 3. The first-order chi connectivity index (χ1) is 9.54. The molecule has 1 saturated carbocycles. The number of benzene rings is 1. The molecule has 2 atom stereocenters. The van der Waals surface area contributed by atoms with Crippen molar-refractivity contribution in [2.45, 2.75) is 42.9 Å². The van der Waals surface area contributed by atoms with Gasteiger partial charge in [-0.25, -0.2) is 0 Å².